The Balaban J connectivity index is 2.02. The van der Waals surface area contributed by atoms with E-state index in [2.05, 4.69) is 17.5 Å². The minimum atomic E-state index is 1.04. The van der Waals surface area contributed by atoms with Crippen LogP contribution in [0.25, 0.3) is 0 Å². The molecular weight excluding hydrogens is 142 g/mol. The highest BCUT2D eigenvalue weighted by atomic mass is 32.1. The van der Waals surface area contributed by atoms with E-state index in [1.54, 1.807) is 0 Å². The van der Waals surface area contributed by atoms with Gasteiger partial charge in [0.1, 0.15) is 0 Å². The lowest BCUT2D eigenvalue weighted by Gasteiger charge is -2.25. The van der Waals surface area contributed by atoms with E-state index in [0.29, 0.717) is 0 Å². The summed E-state index contributed by atoms with van der Waals surface area (Å²) in [7, 11) is 0. The summed E-state index contributed by atoms with van der Waals surface area (Å²) in [5, 5.41) is 0. The molecular formula is C8H17NS. The van der Waals surface area contributed by atoms with Gasteiger partial charge in [0.25, 0.3) is 0 Å². The average Bonchev–Trinajstić information content (AvgIpc) is 2.03. The summed E-state index contributed by atoms with van der Waals surface area (Å²) in [5.41, 5.74) is 0. The normalized spacial score (nSPS) is 21.3. The van der Waals surface area contributed by atoms with Gasteiger partial charge in [-0.3, -0.25) is 0 Å². The molecule has 1 saturated heterocycles. The molecule has 0 bridgehead atoms. The SMILES string of the molecule is SCCCN1CCCCC1. The molecule has 0 spiro atoms. The topological polar surface area (TPSA) is 3.24 Å². The van der Waals surface area contributed by atoms with E-state index in [1.807, 2.05) is 0 Å². The molecule has 0 aromatic carbocycles. The van der Waals surface area contributed by atoms with Crippen LogP contribution < -0.4 is 0 Å². The van der Waals surface area contributed by atoms with E-state index < -0.39 is 0 Å². The summed E-state index contributed by atoms with van der Waals surface area (Å²) in [6.45, 7) is 3.92. The van der Waals surface area contributed by atoms with Crippen molar-refractivity contribution >= 4 is 12.6 Å². The summed E-state index contributed by atoms with van der Waals surface area (Å²) in [5.74, 6) is 1.04. The number of piperidine rings is 1. The zero-order valence-corrected chi connectivity index (χ0v) is 7.45. The van der Waals surface area contributed by atoms with Crippen LogP contribution in [-0.2, 0) is 0 Å². The first kappa shape index (κ1) is 8.41. The maximum Gasteiger partial charge on any atom is -0.00110 e. The number of thiol groups is 1. The van der Waals surface area contributed by atoms with Crippen LogP contribution in [0.2, 0.25) is 0 Å². The Bertz CT molecular complexity index is 79.3. The quantitative estimate of drug-likeness (QED) is 0.614. The molecule has 0 aliphatic carbocycles. The molecule has 10 heavy (non-hydrogen) atoms. The van der Waals surface area contributed by atoms with E-state index in [4.69, 9.17) is 0 Å². The number of likely N-dealkylation sites (tertiary alicyclic amines) is 1. The lowest BCUT2D eigenvalue weighted by Crippen LogP contribution is -2.30. The van der Waals surface area contributed by atoms with Gasteiger partial charge >= 0.3 is 0 Å². The summed E-state index contributed by atoms with van der Waals surface area (Å²) in [6.07, 6.45) is 5.51. The maximum atomic E-state index is 4.19. The highest BCUT2D eigenvalue weighted by Gasteiger charge is 2.07. The summed E-state index contributed by atoms with van der Waals surface area (Å²) in [4.78, 5) is 2.56. The van der Waals surface area contributed by atoms with Crippen molar-refractivity contribution in [2.75, 3.05) is 25.4 Å². The van der Waals surface area contributed by atoms with E-state index in [-0.39, 0.29) is 0 Å². The monoisotopic (exact) mass is 159 g/mol. The molecule has 0 unspecified atom stereocenters. The van der Waals surface area contributed by atoms with Crippen molar-refractivity contribution in [1.82, 2.24) is 4.90 Å². The summed E-state index contributed by atoms with van der Waals surface area (Å²) < 4.78 is 0. The van der Waals surface area contributed by atoms with E-state index in [9.17, 15) is 0 Å². The lowest BCUT2D eigenvalue weighted by atomic mass is 10.1. The second-order valence-corrected chi connectivity index (χ2v) is 3.43. The Labute approximate surface area is 69.2 Å². The van der Waals surface area contributed by atoms with Gasteiger partial charge in [0, 0.05) is 0 Å². The van der Waals surface area contributed by atoms with Gasteiger partial charge in [-0.2, -0.15) is 12.6 Å². The average molecular weight is 159 g/mol. The number of rotatable bonds is 3. The van der Waals surface area contributed by atoms with Crippen molar-refractivity contribution in [3.63, 3.8) is 0 Å². The zero-order chi connectivity index (χ0) is 7.23. The number of hydrogen-bond acceptors (Lipinski definition) is 2. The standard InChI is InChI=1S/C8H17NS/c10-8-4-7-9-5-2-1-3-6-9/h10H,1-8H2. The van der Waals surface area contributed by atoms with E-state index in [0.717, 1.165) is 5.75 Å². The van der Waals surface area contributed by atoms with Gasteiger partial charge in [-0.15, -0.1) is 0 Å². The van der Waals surface area contributed by atoms with Crippen molar-refractivity contribution in [1.29, 1.82) is 0 Å². The first-order valence-corrected chi connectivity index (χ1v) is 4.90. The lowest BCUT2D eigenvalue weighted by molar-refractivity contribution is 0.230. The molecule has 1 rings (SSSR count). The van der Waals surface area contributed by atoms with Crippen LogP contribution in [0.1, 0.15) is 25.7 Å². The fraction of sp³-hybridized carbons (Fsp3) is 1.00. The molecule has 0 N–H and O–H groups in total. The molecule has 0 aromatic rings. The van der Waals surface area contributed by atoms with E-state index in [1.165, 1.54) is 45.3 Å². The number of hydrogen-bond donors (Lipinski definition) is 1. The molecule has 0 amide bonds. The third-order valence-corrected chi connectivity index (χ3v) is 2.40. The second-order valence-electron chi connectivity index (χ2n) is 2.98. The first-order valence-electron chi connectivity index (χ1n) is 4.26. The molecule has 0 atom stereocenters. The Kier molecular flexibility index (Phi) is 4.23. The molecule has 1 nitrogen and oxygen atoms in total. The van der Waals surface area contributed by atoms with Gasteiger partial charge in [0.05, 0.1) is 0 Å². The van der Waals surface area contributed by atoms with Crippen LogP contribution in [0.5, 0.6) is 0 Å². The van der Waals surface area contributed by atoms with Crippen LogP contribution >= 0.6 is 12.6 Å². The van der Waals surface area contributed by atoms with Crippen molar-refractivity contribution in [3.8, 4) is 0 Å². The Morgan fingerprint density at radius 1 is 1.10 bits per heavy atom. The highest BCUT2D eigenvalue weighted by molar-refractivity contribution is 7.80. The van der Waals surface area contributed by atoms with Gasteiger partial charge in [0.15, 0.2) is 0 Å². The van der Waals surface area contributed by atoms with Crippen LogP contribution in [-0.4, -0.2) is 30.3 Å². The predicted octanol–water partition coefficient (Wildman–Crippen LogP) is 1.79. The van der Waals surface area contributed by atoms with Crippen molar-refractivity contribution in [2.45, 2.75) is 25.7 Å². The molecule has 0 radical (unpaired) electrons. The van der Waals surface area contributed by atoms with E-state index >= 15 is 0 Å². The van der Waals surface area contributed by atoms with Gasteiger partial charge in [-0.25, -0.2) is 0 Å². The Morgan fingerprint density at radius 2 is 1.80 bits per heavy atom. The molecule has 1 fully saturated rings. The van der Waals surface area contributed by atoms with Gasteiger partial charge in [-0.1, -0.05) is 6.42 Å². The van der Waals surface area contributed by atoms with Crippen LogP contribution in [0.15, 0.2) is 0 Å². The van der Waals surface area contributed by atoms with Crippen molar-refractivity contribution in [3.05, 3.63) is 0 Å². The fourth-order valence-electron chi connectivity index (χ4n) is 1.48. The molecule has 0 aromatic heterocycles. The minimum absolute atomic E-state index is 1.04. The summed E-state index contributed by atoms with van der Waals surface area (Å²) >= 11 is 4.19. The third kappa shape index (κ3) is 2.93. The second kappa shape index (κ2) is 5.03. The fourth-order valence-corrected chi connectivity index (χ4v) is 1.62. The van der Waals surface area contributed by atoms with Crippen molar-refractivity contribution in [2.24, 2.45) is 0 Å². The largest absolute Gasteiger partial charge is 0.303 e. The first-order chi connectivity index (χ1) is 4.93. The van der Waals surface area contributed by atoms with Crippen LogP contribution in [0.4, 0.5) is 0 Å². The Morgan fingerprint density at radius 3 is 2.40 bits per heavy atom. The van der Waals surface area contributed by atoms with Crippen LogP contribution in [0.3, 0.4) is 0 Å². The number of nitrogens with zero attached hydrogens (tertiary/aromatic N) is 1. The zero-order valence-electron chi connectivity index (χ0n) is 6.55. The van der Waals surface area contributed by atoms with Gasteiger partial charge < -0.3 is 4.90 Å². The minimum Gasteiger partial charge on any atom is -0.303 e. The molecule has 60 valence electrons. The third-order valence-electron chi connectivity index (χ3n) is 2.08. The molecule has 1 aliphatic heterocycles. The molecule has 1 aliphatic rings. The maximum absolute atomic E-state index is 4.19. The van der Waals surface area contributed by atoms with Gasteiger partial charge in [-0.05, 0) is 44.6 Å². The molecule has 2 heteroatoms. The highest BCUT2D eigenvalue weighted by Crippen LogP contribution is 2.08. The smallest absolute Gasteiger partial charge is 0.00110 e. The molecule has 0 saturated carbocycles. The summed E-state index contributed by atoms with van der Waals surface area (Å²) in [6, 6.07) is 0. The Hall–Kier alpha value is 0.310. The predicted molar refractivity (Wildman–Crippen MR) is 48.8 cm³/mol. The molecule has 1 heterocycles. The van der Waals surface area contributed by atoms with Crippen molar-refractivity contribution < 1.29 is 0 Å². The van der Waals surface area contributed by atoms with Crippen LogP contribution in [0, 0.1) is 0 Å². The van der Waals surface area contributed by atoms with Gasteiger partial charge in [0.2, 0.25) is 0 Å².